The number of para-hydroxylation sites is 1. The number of methoxy groups -OCH3 is 1. The Hall–Kier alpha value is -1.39. The molecule has 0 spiro atoms. The lowest BCUT2D eigenvalue weighted by Crippen LogP contribution is -2.47. The summed E-state index contributed by atoms with van der Waals surface area (Å²) in [6.07, 6.45) is 5.57. The van der Waals surface area contributed by atoms with Gasteiger partial charge < -0.3 is 24.6 Å². The Morgan fingerprint density at radius 1 is 1.16 bits per heavy atom. The van der Waals surface area contributed by atoms with Crippen molar-refractivity contribution < 1.29 is 14.3 Å². The van der Waals surface area contributed by atoms with Gasteiger partial charge in [-0.15, -0.1) is 24.0 Å². The Balaban J connectivity index is 0.00000363. The molecule has 0 atom stereocenters. The number of amides is 1. The van der Waals surface area contributed by atoms with E-state index in [1.165, 1.54) is 5.56 Å². The lowest BCUT2D eigenvalue weighted by atomic mass is 10.1. The highest BCUT2D eigenvalue weighted by atomic mass is 127. The first-order chi connectivity index (χ1) is 15.2. The van der Waals surface area contributed by atoms with E-state index in [0.29, 0.717) is 19.1 Å². The summed E-state index contributed by atoms with van der Waals surface area (Å²) < 4.78 is 11.0. The van der Waals surface area contributed by atoms with Crippen molar-refractivity contribution in [3.8, 4) is 0 Å². The molecule has 8 heteroatoms. The number of fused-ring (bicyclic) bond motifs is 1. The second-order valence-electron chi connectivity index (χ2n) is 8.17. The fourth-order valence-electron chi connectivity index (χ4n) is 4.26. The van der Waals surface area contributed by atoms with Gasteiger partial charge in [0, 0.05) is 65.2 Å². The highest BCUT2D eigenvalue weighted by Gasteiger charge is 2.24. The standard InChI is InChI=1S/C24H38N4O3.HI/c1-3-25-24(27-15-12-21(13-16-27)31-19-7-18-30-2)26-14-6-10-23(29)28-17-11-20-8-4-5-9-22(20)28;/h4-5,8-9,21H,3,6-7,10-19H2,1-2H3,(H,25,26);1H. The van der Waals surface area contributed by atoms with Gasteiger partial charge in [-0.1, -0.05) is 18.2 Å². The van der Waals surface area contributed by atoms with Crippen LogP contribution in [0.2, 0.25) is 0 Å². The van der Waals surface area contributed by atoms with Gasteiger partial charge >= 0.3 is 0 Å². The number of nitrogens with zero attached hydrogens (tertiary/aromatic N) is 3. The van der Waals surface area contributed by atoms with Gasteiger partial charge in [0.2, 0.25) is 5.91 Å². The van der Waals surface area contributed by atoms with E-state index in [4.69, 9.17) is 14.5 Å². The van der Waals surface area contributed by atoms with Crippen molar-refractivity contribution in [2.24, 2.45) is 4.99 Å². The second kappa shape index (κ2) is 14.7. The number of aliphatic imine (C=N–C) groups is 1. The largest absolute Gasteiger partial charge is 0.385 e. The molecule has 32 heavy (non-hydrogen) atoms. The summed E-state index contributed by atoms with van der Waals surface area (Å²) in [6, 6.07) is 8.21. The van der Waals surface area contributed by atoms with Gasteiger partial charge in [0.05, 0.1) is 6.10 Å². The van der Waals surface area contributed by atoms with Crippen molar-refractivity contribution in [2.45, 2.75) is 51.6 Å². The fourth-order valence-corrected chi connectivity index (χ4v) is 4.26. The van der Waals surface area contributed by atoms with Crippen LogP contribution in [0.3, 0.4) is 0 Å². The summed E-state index contributed by atoms with van der Waals surface area (Å²) in [5.41, 5.74) is 2.35. The third kappa shape index (κ3) is 7.88. The zero-order valence-corrected chi connectivity index (χ0v) is 21.9. The van der Waals surface area contributed by atoms with Gasteiger partial charge in [0.25, 0.3) is 0 Å². The molecule has 2 heterocycles. The van der Waals surface area contributed by atoms with Crippen molar-refractivity contribution in [1.29, 1.82) is 0 Å². The SMILES string of the molecule is CCNC(=NCCCC(=O)N1CCc2ccccc21)N1CCC(OCCCOC)CC1.I. The predicted molar refractivity (Wildman–Crippen MR) is 140 cm³/mol. The van der Waals surface area contributed by atoms with Crippen molar-refractivity contribution in [3.05, 3.63) is 29.8 Å². The summed E-state index contributed by atoms with van der Waals surface area (Å²) in [5.74, 6) is 1.16. The van der Waals surface area contributed by atoms with E-state index in [1.54, 1.807) is 7.11 Å². The number of benzene rings is 1. The van der Waals surface area contributed by atoms with Crippen LogP contribution in [0.25, 0.3) is 0 Å². The highest BCUT2D eigenvalue weighted by molar-refractivity contribution is 14.0. The Labute approximate surface area is 209 Å². The van der Waals surface area contributed by atoms with Crippen LogP contribution in [0.15, 0.2) is 29.3 Å². The number of hydrogen-bond donors (Lipinski definition) is 1. The third-order valence-electron chi connectivity index (χ3n) is 5.92. The van der Waals surface area contributed by atoms with Gasteiger partial charge in [-0.2, -0.15) is 0 Å². The van der Waals surface area contributed by atoms with Gasteiger partial charge in [-0.05, 0) is 50.7 Å². The molecule has 1 amide bonds. The molecule has 0 aromatic heterocycles. The van der Waals surface area contributed by atoms with Crippen LogP contribution in [0.4, 0.5) is 5.69 Å². The molecule has 0 saturated carbocycles. The van der Waals surface area contributed by atoms with E-state index >= 15 is 0 Å². The van der Waals surface area contributed by atoms with Gasteiger partial charge in [-0.3, -0.25) is 9.79 Å². The van der Waals surface area contributed by atoms with Gasteiger partial charge in [-0.25, -0.2) is 0 Å². The van der Waals surface area contributed by atoms with E-state index in [2.05, 4.69) is 23.2 Å². The van der Waals surface area contributed by atoms with Crippen molar-refractivity contribution in [1.82, 2.24) is 10.2 Å². The monoisotopic (exact) mass is 558 g/mol. The van der Waals surface area contributed by atoms with E-state index < -0.39 is 0 Å². The average Bonchev–Trinajstić information content (AvgIpc) is 3.23. The molecule has 7 nitrogen and oxygen atoms in total. The van der Waals surface area contributed by atoms with Crippen LogP contribution in [0, 0.1) is 0 Å². The predicted octanol–water partition coefficient (Wildman–Crippen LogP) is 3.46. The average molecular weight is 559 g/mol. The second-order valence-corrected chi connectivity index (χ2v) is 8.17. The Morgan fingerprint density at radius 3 is 2.69 bits per heavy atom. The minimum absolute atomic E-state index is 0. The summed E-state index contributed by atoms with van der Waals surface area (Å²) in [6.45, 7) is 7.81. The minimum atomic E-state index is 0. The highest BCUT2D eigenvalue weighted by Crippen LogP contribution is 2.28. The van der Waals surface area contributed by atoms with Crippen molar-refractivity contribution in [2.75, 3.05) is 57.9 Å². The minimum Gasteiger partial charge on any atom is -0.385 e. The molecule has 1 aromatic carbocycles. The third-order valence-corrected chi connectivity index (χ3v) is 5.92. The Morgan fingerprint density at radius 2 is 1.94 bits per heavy atom. The number of piperidine rings is 1. The molecule has 1 fully saturated rings. The molecule has 1 aromatic rings. The maximum absolute atomic E-state index is 12.7. The number of anilines is 1. The quantitative estimate of drug-likeness (QED) is 0.206. The Bertz CT molecular complexity index is 723. The zero-order chi connectivity index (χ0) is 21.9. The summed E-state index contributed by atoms with van der Waals surface area (Å²) >= 11 is 0. The number of likely N-dealkylation sites (tertiary alicyclic amines) is 1. The molecular formula is C24H39IN4O3. The number of guanidine groups is 1. The first-order valence-electron chi connectivity index (χ1n) is 11.7. The maximum atomic E-state index is 12.7. The van der Waals surface area contributed by atoms with Crippen LogP contribution >= 0.6 is 24.0 Å². The van der Waals surface area contributed by atoms with Crippen molar-refractivity contribution in [3.63, 3.8) is 0 Å². The molecule has 1 N–H and O–H groups in total. The molecular weight excluding hydrogens is 519 g/mol. The molecule has 0 unspecified atom stereocenters. The van der Waals surface area contributed by atoms with Crippen LogP contribution < -0.4 is 10.2 Å². The Kier molecular flexibility index (Phi) is 12.3. The number of hydrogen-bond acceptors (Lipinski definition) is 4. The molecule has 0 radical (unpaired) electrons. The van der Waals surface area contributed by atoms with Crippen LogP contribution in [0.5, 0.6) is 0 Å². The van der Waals surface area contributed by atoms with E-state index in [1.807, 2.05) is 23.1 Å². The number of nitrogens with one attached hydrogen (secondary N) is 1. The summed E-state index contributed by atoms with van der Waals surface area (Å²) in [4.78, 5) is 21.7. The van der Waals surface area contributed by atoms with E-state index in [0.717, 1.165) is 83.1 Å². The smallest absolute Gasteiger partial charge is 0.227 e. The normalized spacial score (nSPS) is 16.6. The summed E-state index contributed by atoms with van der Waals surface area (Å²) in [7, 11) is 1.72. The number of ether oxygens (including phenoxy) is 2. The number of carbonyl (C=O) groups is 1. The number of halogens is 1. The van der Waals surface area contributed by atoms with E-state index in [-0.39, 0.29) is 29.9 Å². The molecule has 1 saturated heterocycles. The van der Waals surface area contributed by atoms with E-state index in [9.17, 15) is 4.79 Å². The molecule has 180 valence electrons. The fraction of sp³-hybridized carbons (Fsp3) is 0.667. The lowest BCUT2D eigenvalue weighted by Gasteiger charge is -2.34. The van der Waals surface area contributed by atoms with Crippen molar-refractivity contribution >= 4 is 41.5 Å². The molecule has 2 aliphatic rings. The first kappa shape index (κ1) is 26.9. The lowest BCUT2D eigenvalue weighted by molar-refractivity contribution is -0.118. The van der Waals surface area contributed by atoms with Gasteiger partial charge in [0.15, 0.2) is 5.96 Å². The topological polar surface area (TPSA) is 66.4 Å². The summed E-state index contributed by atoms with van der Waals surface area (Å²) in [5, 5.41) is 3.41. The zero-order valence-electron chi connectivity index (χ0n) is 19.6. The van der Waals surface area contributed by atoms with Gasteiger partial charge in [0.1, 0.15) is 0 Å². The molecule has 0 bridgehead atoms. The number of carbonyl (C=O) groups excluding carboxylic acids is 1. The molecule has 2 aliphatic heterocycles. The maximum Gasteiger partial charge on any atom is 0.227 e. The first-order valence-corrected chi connectivity index (χ1v) is 11.7. The number of rotatable bonds is 10. The van der Waals surface area contributed by atoms with Crippen LogP contribution in [0.1, 0.15) is 44.6 Å². The molecule has 0 aliphatic carbocycles. The van der Waals surface area contributed by atoms with Crippen LogP contribution in [-0.4, -0.2) is 75.9 Å². The van der Waals surface area contributed by atoms with Crippen LogP contribution in [-0.2, 0) is 20.7 Å². The molecule has 3 rings (SSSR count).